The van der Waals surface area contributed by atoms with Crippen molar-refractivity contribution in [1.29, 1.82) is 0 Å². The molecule has 0 aliphatic carbocycles. The highest BCUT2D eigenvalue weighted by atomic mass is 32.1. The van der Waals surface area contributed by atoms with Crippen LogP contribution in [-0.2, 0) is 13.0 Å². The summed E-state index contributed by atoms with van der Waals surface area (Å²) in [6.07, 6.45) is 0.756. The molecule has 5 heteroatoms. The molecule has 0 saturated carbocycles. The van der Waals surface area contributed by atoms with Crippen molar-refractivity contribution < 1.29 is 9.18 Å². The number of nitrogens with zero attached hydrogens (tertiary/aromatic N) is 2. The van der Waals surface area contributed by atoms with Gasteiger partial charge in [0, 0.05) is 29.0 Å². The van der Waals surface area contributed by atoms with Crippen LogP contribution in [0.4, 0.5) is 4.39 Å². The van der Waals surface area contributed by atoms with Gasteiger partial charge in [-0.05, 0) is 24.3 Å². The summed E-state index contributed by atoms with van der Waals surface area (Å²) in [7, 11) is 0. The maximum atomic E-state index is 13.0. The molecule has 1 amide bonds. The summed E-state index contributed by atoms with van der Waals surface area (Å²) >= 11 is 1.64. The lowest BCUT2D eigenvalue weighted by Crippen LogP contribution is -2.35. The number of rotatable bonds is 2. The van der Waals surface area contributed by atoms with Gasteiger partial charge in [0.05, 0.1) is 12.2 Å². The van der Waals surface area contributed by atoms with E-state index in [9.17, 15) is 9.18 Å². The highest BCUT2D eigenvalue weighted by molar-refractivity contribution is 7.15. The zero-order valence-electron chi connectivity index (χ0n) is 12.9. The fraction of sp³-hybridized carbons (Fsp3) is 0.158. The second-order valence-corrected chi connectivity index (χ2v) is 6.82. The van der Waals surface area contributed by atoms with E-state index >= 15 is 0 Å². The summed E-state index contributed by atoms with van der Waals surface area (Å²) in [6.45, 7) is 1.21. The zero-order valence-corrected chi connectivity index (χ0v) is 13.7. The van der Waals surface area contributed by atoms with Crippen molar-refractivity contribution in [3.8, 4) is 10.6 Å². The molecule has 0 N–H and O–H groups in total. The van der Waals surface area contributed by atoms with Crippen molar-refractivity contribution in [3.05, 3.63) is 76.5 Å². The average Bonchev–Trinajstić information content (AvgIpc) is 3.06. The van der Waals surface area contributed by atoms with Crippen LogP contribution in [0.1, 0.15) is 20.9 Å². The van der Waals surface area contributed by atoms with E-state index in [0.717, 1.165) is 27.6 Å². The largest absolute Gasteiger partial charge is 0.333 e. The smallest absolute Gasteiger partial charge is 0.254 e. The van der Waals surface area contributed by atoms with Gasteiger partial charge in [0.25, 0.3) is 5.91 Å². The molecule has 0 atom stereocenters. The van der Waals surface area contributed by atoms with E-state index in [-0.39, 0.29) is 11.7 Å². The normalized spacial score (nSPS) is 13.6. The van der Waals surface area contributed by atoms with Crippen molar-refractivity contribution >= 4 is 17.2 Å². The Morgan fingerprint density at radius 3 is 2.58 bits per heavy atom. The van der Waals surface area contributed by atoms with Gasteiger partial charge in [-0.25, -0.2) is 9.37 Å². The van der Waals surface area contributed by atoms with E-state index in [1.165, 1.54) is 24.3 Å². The average molecular weight is 338 g/mol. The van der Waals surface area contributed by atoms with Crippen LogP contribution in [0.5, 0.6) is 0 Å². The molecule has 120 valence electrons. The first kappa shape index (κ1) is 15.0. The van der Waals surface area contributed by atoms with E-state index in [1.54, 1.807) is 11.3 Å². The summed E-state index contributed by atoms with van der Waals surface area (Å²) in [5, 5.41) is 0.997. The van der Waals surface area contributed by atoms with Crippen LogP contribution in [0, 0.1) is 5.82 Å². The molecule has 3 aromatic rings. The van der Waals surface area contributed by atoms with Crippen LogP contribution in [0.25, 0.3) is 10.6 Å². The van der Waals surface area contributed by atoms with Gasteiger partial charge in [-0.2, -0.15) is 0 Å². The summed E-state index contributed by atoms with van der Waals surface area (Å²) in [5.74, 6) is -0.391. The Balaban J connectivity index is 1.56. The van der Waals surface area contributed by atoms with E-state index in [0.29, 0.717) is 18.7 Å². The van der Waals surface area contributed by atoms with Crippen LogP contribution in [0.2, 0.25) is 0 Å². The van der Waals surface area contributed by atoms with Crippen LogP contribution >= 0.6 is 11.3 Å². The van der Waals surface area contributed by atoms with Crippen LogP contribution < -0.4 is 0 Å². The topological polar surface area (TPSA) is 33.2 Å². The fourth-order valence-electron chi connectivity index (χ4n) is 2.85. The third kappa shape index (κ3) is 2.83. The molecule has 24 heavy (non-hydrogen) atoms. The predicted octanol–water partition coefficient (Wildman–Crippen LogP) is 4.15. The molecule has 1 aliphatic rings. The van der Waals surface area contributed by atoms with Gasteiger partial charge < -0.3 is 4.90 Å². The molecular formula is C19H15FN2OS. The molecular weight excluding hydrogens is 323 g/mol. The van der Waals surface area contributed by atoms with Gasteiger partial charge >= 0.3 is 0 Å². The Hall–Kier alpha value is -2.53. The lowest BCUT2D eigenvalue weighted by Gasteiger charge is -2.26. The first-order valence-corrected chi connectivity index (χ1v) is 8.61. The van der Waals surface area contributed by atoms with E-state index in [4.69, 9.17) is 4.98 Å². The number of hydrogen-bond acceptors (Lipinski definition) is 3. The number of hydrogen-bond donors (Lipinski definition) is 0. The monoisotopic (exact) mass is 338 g/mol. The van der Waals surface area contributed by atoms with E-state index in [1.807, 2.05) is 35.2 Å². The van der Waals surface area contributed by atoms with Gasteiger partial charge in [0.15, 0.2) is 0 Å². The minimum absolute atomic E-state index is 0.0599. The Morgan fingerprint density at radius 2 is 1.83 bits per heavy atom. The van der Waals surface area contributed by atoms with Crippen LogP contribution in [0.3, 0.4) is 0 Å². The minimum Gasteiger partial charge on any atom is -0.333 e. The van der Waals surface area contributed by atoms with Gasteiger partial charge in [-0.3, -0.25) is 4.79 Å². The van der Waals surface area contributed by atoms with Gasteiger partial charge in [-0.1, -0.05) is 30.3 Å². The fourth-order valence-corrected chi connectivity index (χ4v) is 3.98. The molecule has 0 saturated heterocycles. The Labute approximate surface area is 143 Å². The molecule has 2 heterocycles. The number of halogens is 1. The van der Waals surface area contributed by atoms with Gasteiger partial charge in [0.2, 0.25) is 0 Å². The van der Waals surface area contributed by atoms with Crippen LogP contribution in [0.15, 0.2) is 54.6 Å². The van der Waals surface area contributed by atoms with Crippen LogP contribution in [-0.4, -0.2) is 22.3 Å². The molecule has 4 rings (SSSR count). The second-order valence-electron chi connectivity index (χ2n) is 5.74. The van der Waals surface area contributed by atoms with Gasteiger partial charge in [0.1, 0.15) is 10.8 Å². The molecule has 0 radical (unpaired) electrons. The minimum atomic E-state index is -0.331. The third-order valence-electron chi connectivity index (χ3n) is 4.13. The highest BCUT2D eigenvalue weighted by Gasteiger charge is 2.25. The quantitative estimate of drug-likeness (QED) is 0.703. The number of amides is 1. The number of carbonyl (C=O) groups is 1. The molecule has 3 nitrogen and oxygen atoms in total. The van der Waals surface area contributed by atoms with Crippen molar-refractivity contribution in [2.75, 3.05) is 6.54 Å². The third-order valence-corrected chi connectivity index (χ3v) is 5.26. The standard InChI is InChI=1S/C19H15FN2OS/c20-15-8-6-14(7-9-15)19(23)22-11-10-16-17(12-22)24-18(21-16)13-4-2-1-3-5-13/h1-9H,10-12H2. The zero-order chi connectivity index (χ0) is 16.5. The second kappa shape index (κ2) is 6.17. The molecule has 2 aromatic carbocycles. The first-order chi connectivity index (χ1) is 11.7. The Kier molecular flexibility index (Phi) is 3.86. The van der Waals surface area contributed by atoms with Gasteiger partial charge in [-0.15, -0.1) is 11.3 Å². The number of carbonyl (C=O) groups excluding carboxylic acids is 1. The number of fused-ring (bicyclic) bond motifs is 1. The van der Waals surface area contributed by atoms with E-state index < -0.39 is 0 Å². The lowest BCUT2D eigenvalue weighted by atomic mass is 10.1. The van der Waals surface area contributed by atoms with Crippen molar-refractivity contribution in [1.82, 2.24) is 9.88 Å². The van der Waals surface area contributed by atoms with E-state index in [2.05, 4.69) is 0 Å². The summed E-state index contributed by atoms with van der Waals surface area (Å²) in [5.41, 5.74) is 2.71. The Morgan fingerprint density at radius 1 is 1.08 bits per heavy atom. The highest BCUT2D eigenvalue weighted by Crippen LogP contribution is 2.32. The van der Waals surface area contributed by atoms with Crippen molar-refractivity contribution in [3.63, 3.8) is 0 Å². The van der Waals surface area contributed by atoms with Crippen molar-refractivity contribution in [2.45, 2.75) is 13.0 Å². The maximum absolute atomic E-state index is 13.0. The predicted molar refractivity (Wildman–Crippen MR) is 92.4 cm³/mol. The Bertz CT molecular complexity index is 874. The molecule has 0 unspecified atom stereocenters. The summed E-state index contributed by atoms with van der Waals surface area (Å²) < 4.78 is 13.0. The molecule has 0 bridgehead atoms. The summed E-state index contributed by atoms with van der Waals surface area (Å²) in [4.78, 5) is 20.3. The number of thiazole rings is 1. The molecule has 1 aromatic heterocycles. The molecule has 0 spiro atoms. The maximum Gasteiger partial charge on any atom is 0.254 e. The SMILES string of the molecule is O=C(c1ccc(F)cc1)N1CCc2nc(-c3ccccc3)sc2C1. The summed E-state index contributed by atoms with van der Waals surface area (Å²) in [6, 6.07) is 15.8. The number of benzene rings is 2. The molecule has 0 fully saturated rings. The number of aromatic nitrogens is 1. The first-order valence-electron chi connectivity index (χ1n) is 7.79. The van der Waals surface area contributed by atoms with Crippen molar-refractivity contribution in [2.24, 2.45) is 0 Å². The lowest BCUT2D eigenvalue weighted by molar-refractivity contribution is 0.0736. The molecule has 1 aliphatic heterocycles.